The predicted molar refractivity (Wildman–Crippen MR) is 75.8 cm³/mol. The number of likely N-dealkylation sites (tertiary alicyclic amines) is 1. The lowest BCUT2D eigenvalue weighted by atomic mass is 10.2. The van der Waals surface area contributed by atoms with Crippen LogP contribution in [0.25, 0.3) is 0 Å². The van der Waals surface area contributed by atoms with E-state index in [2.05, 4.69) is 21.2 Å². The summed E-state index contributed by atoms with van der Waals surface area (Å²) in [6.45, 7) is 2.01. The number of aryl methyl sites for hydroxylation is 1. The van der Waals surface area contributed by atoms with Crippen molar-refractivity contribution in [2.45, 2.75) is 38.3 Å². The van der Waals surface area contributed by atoms with Crippen LogP contribution in [0.1, 0.15) is 24.8 Å². The summed E-state index contributed by atoms with van der Waals surface area (Å²) in [6.07, 6.45) is 2.17. The highest BCUT2D eigenvalue weighted by Gasteiger charge is 2.46. The van der Waals surface area contributed by atoms with Crippen LogP contribution < -0.4 is 5.32 Å². The van der Waals surface area contributed by atoms with Gasteiger partial charge in [0, 0.05) is 16.2 Å². The first-order chi connectivity index (χ1) is 9.06. The number of anilines is 1. The number of benzene rings is 1. The average Bonchev–Trinajstić information content (AvgIpc) is 3.12. The Morgan fingerprint density at radius 3 is 2.68 bits per heavy atom. The number of nitrogens with one attached hydrogen (secondary N) is 1. The molecule has 1 atom stereocenters. The lowest BCUT2D eigenvalue weighted by Gasteiger charge is -2.16. The van der Waals surface area contributed by atoms with Crippen LogP contribution in [0, 0.1) is 6.92 Å². The molecule has 0 aromatic heterocycles. The van der Waals surface area contributed by atoms with E-state index in [1.807, 2.05) is 25.1 Å². The molecule has 1 N–H and O–H groups in total. The van der Waals surface area contributed by atoms with Gasteiger partial charge in [-0.25, -0.2) is 0 Å². The Morgan fingerprint density at radius 2 is 2.05 bits per heavy atom. The summed E-state index contributed by atoms with van der Waals surface area (Å²) in [4.78, 5) is 25.5. The van der Waals surface area contributed by atoms with Gasteiger partial charge < -0.3 is 5.32 Å². The van der Waals surface area contributed by atoms with E-state index in [0.29, 0.717) is 0 Å². The van der Waals surface area contributed by atoms with Crippen molar-refractivity contribution >= 4 is 33.4 Å². The SMILES string of the molecule is Cc1ccc(NC2CC(=O)N(C3CC3)C2=O)c(Br)c1. The second-order valence-corrected chi connectivity index (χ2v) is 6.07. The zero-order valence-corrected chi connectivity index (χ0v) is 12.2. The van der Waals surface area contributed by atoms with E-state index in [1.165, 1.54) is 4.90 Å². The molecule has 1 aromatic carbocycles. The molecule has 19 heavy (non-hydrogen) atoms. The minimum absolute atomic E-state index is 0.0479. The Bertz CT molecular complexity index is 554. The molecule has 1 aliphatic carbocycles. The largest absolute Gasteiger partial charge is 0.372 e. The number of nitrogens with zero attached hydrogens (tertiary/aromatic N) is 1. The van der Waals surface area contributed by atoms with E-state index in [0.717, 1.165) is 28.6 Å². The molecule has 1 saturated heterocycles. The normalized spacial score (nSPS) is 23.1. The fourth-order valence-corrected chi connectivity index (χ4v) is 3.01. The zero-order valence-electron chi connectivity index (χ0n) is 10.6. The Hall–Kier alpha value is -1.36. The fraction of sp³-hybridized carbons (Fsp3) is 0.429. The van der Waals surface area contributed by atoms with E-state index in [1.54, 1.807) is 0 Å². The molecule has 0 spiro atoms. The molecule has 1 heterocycles. The van der Waals surface area contributed by atoms with Crippen molar-refractivity contribution in [1.29, 1.82) is 0 Å². The highest BCUT2D eigenvalue weighted by Crippen LogP contribution is 2.33. The van der Waals surface area contributed by atoms with Crippen LogP contribution in [0.15, 0.2) is 22.7 Å². The summed E-state index contributed by atoms with van der Waals surface area (Å²) in [5, 5.41) is 3.17. The van der Waals surface area contributed by atoms with Crippen LogP contribution >= 0.6 is 15.9 Å². The van der Waals surface area contributed by atoms with Gasteiger partial charge in [-0.15, -0.1) is 0 Å². The molecule has 1 aromatic rings. The minimum Gasteiger partial charge on any atom is -0.372 e. The Labute approximate surface area is 120 Å². The van der Waals surface area contributed by atoms with Gasteiger partial charge in [0.25, 0.3) is 5.91 Å². The van der Waals surface area contributed by atoms with Crippen LogP contribution in [0.3, 0.4) is 0 Å². The Kier molecular flexibility index (Phi) is 3.09. The predicted octanol–water partition coefficient (Wildman–Crippen LogP) is 2.46. The van der Waals surface area contributed by atoms with Crippen molar-refractivity contribution in [3.8, 4) is 0 Å². The Balaban J connectivity index is 1.76. The Morgan fingerprint density at radius 1 is 1.32 bits per heavy atom. The van der Waals surface area contributed by atoms with E-state index >= 15 is 0 Å². The molecule has 2 amide bonds. The molecule has 2 fully saturated rings. The van der Waals surface area contributed by atoms with E-state index < -0.39 is 6.04 Å². The van der Waals surface area contributed by atoms with Crippen molar-refractivity contribution in [2.75, 3.05) is 5.32 Å². The lowest BCUT2D eigenvalue weighted by molar-refractivity contribution is -0.139. The van der Waals surface area contributed by atoms with Crippen molar-refractivity contribution in [3.63, 3.8) is 0 Å². The highest BCUT2D eigenvalue weighted by atomic mass is 79.9. The second kappa shape index (κ2) is 4.63. The average molecular weight is 323 g/mol. The molecule has 1 saturated carbocycles. The number of hydrogen-bond acceptors (Lipinski definition) is 3. The van der Waals surface area contributed by atoms with Crippen LogP contribution in [0.2, 0.25) is 0 Å². The maximum atomic E-state index is 12.2. The summed E-state index contributed by atoms with van der Waals surface area (Å²) in [5.41, 5.74) is 2.00. The van der Waals surface area contributed by atoms with Gasteiger partial charge in [-0.2, -0.15) is 0 Å². The van der Waals surface area contributed by atoms with Crippen LogP contribution in [0.4, 0.5) is 5.69 Å². The molecule has 0 bridgehead atoms. The quantitative estimate of drug-likeness (QED) is 0.870. The zero-order chi connectivity index (χ0) is 13.6. The first kappa shape index (κ1) is 12.7. The van der Waals surface area contributed by atoms with Crippen molar-refractivity contribution in [1.82, 2.24) is 4.90 Å². The van der Waals surface area contributed by atoms with E-state index in [9.17, 15) is 9.59 Å². The number of hydrogen-bond donors (Lipinski definition) is 1. The molecule has 0 radical (unpaired) electrons. The van der Waals surface area contributed by atoms with Gasteiger partial charge in [0.05, 0.1) is 6.42 Å². The number of carbonyl (C=O) groups is 2. The third kappa shape index (κ3) is 2.39. The monoisotopic (exact) mass is 322 g/mol. The van der Waals surface area contributed by atoms with Gasteiger partial charge in [-0.1, -0.05) is 6.07 Å². The molecule has 2 aliphatic rings. The first-order valence-electron chi connectivity index (χ1n) is 6.45. The van der Waals surface area contributed by atoms with Gasteiger partial charge in [0.2, 0.25) is 5.91 Å². The van der Waals surface area contributed by atoms with E-state index in [-0.39, 0.29) is 24.3 Å². The molecule has 5 heteroatoms. The van der Waals surface area contributed by atoms with Crippen molar-refractivity contribution in [2.24, 2.45) is 0 Å². The number of halogens is 1. The summed E-state index contributed by atoms with van der Waals surface area (Å²) in [6, 6.07) is 5.63. The number of carbonyl (C=O) groups excluding carboxylic acids is 2. The summed E-state index contributed by atoms with van der Waals surface area (Å²) < 4.78 is 0.914. The van der Waals surface area contributed by atoms with Crippen LogP contribution in [0.5, 0.6) is 0 Å². The van der Waals surface area contributed by atoms with E-state index in [4.69, 9.17) is 0 Å². The molecule has 1 unspecified atom stereocenters. The number of rotatable bonds is 3. The number of amides is 2. The summed E-state index contributed by atoms with van der Waals surface area (Å²) in [5.74, 6) is -0.131. The third-order valence-corrected chi connectivity index (χ3v) is 4.21. The van der Waals surface area contributed by atoms with Crippen LogP contribution in [-0.2, 0) is 9.59 Å². The summed E-state index contributed by atoms with van der Waals surface area (Å²) in [7, 11) is 0. The van der Waals surface area contributed by atoms with Gasteiger partial charge in [0.15, 0.2) is 0 Å². The standard InChI is InChI=1S/C14H15BrN2O2/c1-8-2-5-11(10(15)6-8)16-12-7-13(18)17(14(12)19)9-3-4-9/h2,5-6,9,12,16H,3-4,7H2,1H3. The first-order valence-corrected chi connectivity index (χ1v) is 7.24. The van der Waals surface area contributed by atoms with Gasteiger partial charge in [0.1, 0.15) is 6.04 Å². The topological polar surface area (TPSA) is 49.4 Å². The van der Waals surface area contributed by atoms with Gasteiger partial charge in [-0.05, 0) is 53.4 Å². The van der Waals surface area contributed by atoms with Gasteiger partial charge in [-0.3, -0.25) is 14.5 Å². The molecule has 3 rings (SSSR count). The summed E-state index contributed by atoms with van der Waals surface area (Å²) >= 11 is 3.47. The maximum Gasteiger partial charge on any atom is 0.252 e. The molecular weight excluding hydrogens is 308 g/mol. The third-order valence-electron chi connectivity index (χ3n) is 3.55. The second-order valence-electron chi connectivity index (χ2n) is 5.22. The highest BCUT2D eigenvalue weighted by molar-refractivity contribution is 9.10. The minimum atomic E-state index is -0.424. The van der Waals surface area contributed by atoms with Gasteiger partial charge >= 0.3 is 0 Å². The molecule has 100 valence electrons. The molecule has 1 aliphatic heterocycles. The number of imide groups is 1. The fourth-order valence-electron chi connectivity index (χ4n) is 2.41. The smallest absolute Gasteiger partial charge is 0.252 e. The molecular formula is C14H15BrN2O2. The maximum absolute atomic E-state index is 12.2. The lowest BCUT2D eigenvalue weighted by Crippen LogP contribution is -2.36. The van der Waals surface area contributed by atoms with Crippen LogP contribution in [-0.4, -0.2) is 28.8 Å². The van der Waals surface area contributed by atoms with Crippen molar-refractivity contribution < 1.29 is 9.59 Å². The van der Waals surface area contributed by atoms with Crippen molar-refractivity contribution in [3.05, 3.63) is 28.2 Å². The molecule has 4 nitrogen and oxygen atoms in total.